The lowest BCUT2D eigenvalue weighted by molar-refractivity contribution is -0.756. The molecule has 9 nitrogen and oxygen atoms in total. The van der Waals surface area contributed by atoms with E-state index in [2.05, 4.69) is 20.3 Å². The average Bonchev–Trinajstić information content (AvgIpc) is 3.07. The molecule has 0 fully saturated rings. The van der Waals surface area contributed by atoms with Crippen molar-refractivity contribution in [1.29, 1.82) is 0 Å². The molecule has 1 atom stereocenters. The lowest BCUT2D eigenvalue weighted by atomic mass is 10.1. The number of nitrogens with zero attached hydrogens (tertiary/aromatic N) is 8. The van der Waals surface area contributed by atoms with Crippen LogP contribution in [-0.4, -0.2) is 61.4 Å². The van der Waals surface area contributed by atoms with Crippen molar-refractivity contribution in [1.82, 2.24) is 19.9 Å². The van der Waals surface area contributed by atoms with Crippen LogP contribution in [0.2, 0.25) is 0 Å². The summed E-state index contributed by atoms with van der Waals surface area (Å²) in [4.78, 5) is 20.4. The number of alkyl halides is 1. The Kier molecular flexibility index (Phi) is 4.87. The van der Waals surface area contributed by atoms with E-state index in [1.165, 1.54) is 21.9 Å². The zero-order valence-electron chi connectivity index (χ0n) is 16.5. The average molecular weight is 418 g/mol. The van der Waals surface area contributed by atoms with Crippen molar-refractivity contribution in [3.05, 3.63) is 72.0 Å². The number of amides is 1. The molecule has 2 aliphatic heterocycles. The quantitative estimate of drug-likeness (QED) is 0.705. The van der Waals surface area contributed by atoms with Gasteiger partial charge >= 0.3 is 11.6 Å². The molecule has 0 N–H and O–H groups in total. The van der Waals surface area contributed by atoms with Gasteiger partial charge in [-0.05, 0) is 29.1 Å². The molecule has 4 heterocycles. The predicted octanol–water partition coefficient (Wildman–Crippen LogP) is 1.36. The second-order valence-corrected chi connectivity index (χ2v) is 7.06. The molecule has 1 unspecified atom stereocenters. The number of hydrogen-bond acceptors (Lipinski definition) is 6. The Balaban J connectivity index is 1.53. The van der Waals surface area contributed by atoms with Gasteiger partial charge in [-0.1, -0.05) is 17.3 Å². The molecule has 2 aromatic rings. The first-order valence-corrected chi connectivity index (χ1v) is 9.83. The number of carbonyl (C=O) groups is 1. The molecule has 0 bridgehead atoms. The maximum Gasteiger partial charge on any atom is 0.469 e. The SMILES string of the molecule is O=C(c1cnn2[n+]1N=CCC=C2)[N+]1=CC(c2ccncc2)=NN(C2=CCC(F)C=C2)C1. The van der Waals surface area contributed by atoms with Crippen LogP contribution in [0.5, 0.6) is 0 Å². The summed E-state index contributed by atoms with van der Waals surface area (Å²) in [5, 5.41) is 14.9. The molecular formula is C21H19FN8O+2. The van der Waals surface area contributed by atoms with Gasteiger partial charge in [-0.2, -0.15) is 5.10 Å². The van der Waals surface area contributed by atoms with Crippen molar-refractivity contribution in [3.8, 4) is 0 Å². The van der Waals surface area contributed by atoms with Crippen LogP contribution in [0.4, 0.5) is 4.39 Å². The summed E-state index contributed by atoms with van der Waals surface area (Å²) >= 11 is 0. The van der Waals surface area contributed by atoms with Gasteiger partial charge in [0.1, 0.15) is 6.17 Å². The number of rotatable bonds is 3. The third-order valence-corrected chi connectivity index (χ3v) is 4.95. The van der Waals surface area contributed by atoms with E-state index in [1.807, 2.05) is 18.2 Å². The van der Waals surface area contributed by atoms with Crippen molar-refractivity contribution < 1.29 is 18.6 Å². The predicted molar refractivity (Wildman–Crippen MR) is 111 cm³/mol. The Morgan fingerprint density at radius 3 is 2.94 bits per heavy atom. The van der Waals surface area contributed by atoms with Crippen LogP contribution in [0.15, 0.2) is 70.9 Å². The highest BCUT2D eigenvalue weighted by atomic mass is 19.1. The van der Waals surface area contributed by atoms with Gasteiger partial charge in [0.05, 0.1) is 18.1 Å². The Morgan fingerprint density at radius 1 is 1.26 bits per heavy atom. The van der Waals surface area contributed by atoms with E-state index in [0.29, 0.717) is 17.8 Å². The van der Waals surface area contributed by atoms with Gasteiger partial charge in [0, 0.05) is 40.7 Å². The van der Waals surface area contributed by atoms with Crippen molar-refractivity contribution in [2.75, 3.05) is 6.67 Å². The number of carbonyl (C=O) groups excluding carboxylic acids is 1. The summed E-state index contributed by atoms with van der Waals surface area (Å²) in [5.74, 6) is -0.283. The highest BCUT2D eigenvalue weighted by Gasteiger charge is 2.37. The zero-order chi connectivity index (χ0) is 21.2. The van der Waals surface area contributed by atoms with E-state index in [-0.39, 0.29) is 19.0 Å². The highest BCUT2D eigenvalue weighted by Crippen LogP contribution is 2.19. The minimum atomic E-state index is -1.01. The van der Waals surface area contributed by atoms with Gasteiger partial charge in [-0.3, -0.25) is 4.98 Å². The lowest BCUT2D eigenvalue weighted by Gasteiger charge is -2.23. The van der Waals surface area contributed by atoms with Crippen LogP contribution >= 0.6 is 0 Å². The number of pyridine rings is 1. The smallest absolute Gasteiger partial charge is 0.265 e. The molecule has 0 aromatic carbocycles. The number of fused-ring (bicyclic) bond motifs is 1. The highest BCUT2D eigenvalue weighted by molar-refractivity contribution is 6.37. The summed E-state index contributed by atoms with van der Waals surface area (Å²) in [6.07, 6.45) is 16.8. The van der Waals surface area contributed by atoms with Gasteiger partial charge < -0.3 is 0 Å². The minimum absolute atomic E-state index is 0.172. The zero-order valence-corrected chi connectivity index (χ0v) is 16.5. The number of allylic oxidation sites excluding steroid dienone is 4. The van der Waals surface area contributed by atoms with E-state index in [1.54, 1.807) is 52.8 Å². The summed E-state index contributed by atoms with van der Waals surface area (Å²) in [6.45, 7) is 0.172. The molecule has 0 spiro atoms. The first kappa shape index (κ1) is 18.9. The second kappa shape index (κ2) is 7.98. The molecule has 1 amide bonds. The van der Waals surface area contributed by atoms with Crippen LogP contribution in [-0.2, 0) is 0 Å². The molecule has 1 aliphatic carbocycles. The fraction of sp³-hybridized carbons (Fsp3) is 0.190. The van der Waals surface area contributed by atoms with Gasteiger partial charge in [-0.25, -0.2) is 14.2 Å². The van der Waals surface area contributed by atoms with Crippen molar-refractivity contribution in [2.45, 2.75) is 19.0 Å². The van der Waals surface area contributed by atoms with Gasteiger partial charge in [0.15, 0.2) is 5.71 Å². The van der Waals surface area contributed by atoms with E-state index in [9.17, 15) is 9.18 Å². The summed E-state index contributed by atoms with van der Waals surface area (Å²) < 4.78 is 15.1. The van der Waals surface area contributed by atoms with E-state index < -0.39 is 6.17 Å². The van der Waals surface area contributed by atoms with Crippen molar-refractivity contribution in [2.24, 2.45) is 10.2 Å². The maximum absolute atomic E-state index is 13.6. The fourth-order valence-corrected chi connectivity index (χ4v) is 3.38. The lowest BCUT2D eigenvalue weighted by Crippen LogP contribution is -2.46. The molecule has 2 aromatic heterocycles. The molecular weight excluding hydrogens is 399 g/mol. The largest absolute Gasteiger partial charge is 0.469 e. The summed E-state index contributed by atoms with van der Waals surface area (Å²) in [6, 6.07) is 3.64. The summed E-state index contributed by atoms with van der Waals surface area (Å²) in [5.41, 5.74) is 2.44. The van der Waals surface area contributed by atoms with E-state index in [4.69, 9.17) is 0 Å². The third-order valence-electron chi connectivity index (χ3n) is 4.95. The van der Waals surface area contributed by atoms with Crippen molar-refractivity contribution in [3.63, 3.8) is 0 Å². The van der Waals surface area contributed by atoms with Crippen LogP contribution in [0.1, 0.15) is 28.9 Å². The first-order chi connectivity index (χ1) is 15.2. The normalized spacial score (nSPS) is 20.0. The molecule has 5 rings (SSSR count). The topological polar surface area (TPSA) is 82.6 Å². The Bertz CT molecular complexity index is 1210. The molecule has 0 saturated heterocycles. The van der Waals surface area contributed by atoms with Gasteiger partial charge in [0.2, 0.25) is 19.1 Å². The minimum Gasteiger partial charge on any atom is -0.265 e. The molecule has 0 saturated carbocycles. The molecule has 31 heavy (non-hydrogen) atoms. The number of halogens is 1. The van der Waals surface area contributed by atoms with Gasteiger partial charge in [-0.15, -0.1) is 4.58 Å². The third kappa shape index (κ3) is 3.75. The molecule has 0 radical (unpaired) electrons. The number of hydrogen-bond donors (Lipinski definition) is 0. The van der Waals surface area contributed by atoms with Crippen molar-refractivity contribution >= 4 is 30.2 Å². The number of hydrazone groups is 1. The number of aromatic nitrogens is 4. The molecule has 3 aliphatic rings. The molecule has 154 valence electrons. The van der Waals surface area contributed by atoms with Crippen LogP contribution in [0.3, 0.4) is 0 Å². The first-order valence-electron chi connectivity index (χ1n) is 9.83. The molecule has 10 heteroatoms. The van der Waals surface area contributed by atoms with Crippen LogP contribution in [0.25, 0.3) is 6.20 Å². The Hall–Kier alpha value is -4.08. The van der Waals surface area contributed by atoms with Crippen LogP contribution < -0.4 is 4.79 Å². The van der Waals surface area contributed by atoms with Crippen LogP contribution in [0, 0.1) is 0 Å². The Morgan fingerprint density at radius 2 is 2.13 bits per heavy atom. The maximum atomic E-state index is 13.6. The van der Waals surface area contributed by atoms with E-state index >= 15 is 0 Å². The summed E-state index contributed by atoms with van der Waals surface area (Å²) in [7, 11) is 0. The monoisotopic (exact) mass is 418 g/mol. The Labute approximate surface area is 177 Å². The second-order valence-electron chi connectivity index (χ2n) is 7.06. The fourth-order valence-electron chi connectivity index (χ4n) is 3.38. The van der Waals surface area contributed by atoms with E-state index in [0.717, 1.165) is 11.3 Å². The van der Waals surface area contributed by atoms with Gasteiger partial charge in [0.25, 0.3) is 0 Å². The standard InChI is InChI=1S/C21H19FN8O/c22-17-3-5-18(6-4-17)28-15-27(14-19(26-28)16-7-10-23-11-8-16)21(31)20-13-25-29-12-2-1-9-24-30(20)29/h2-3,5-14,17H,1,4,15H2/q+2.